The van der Waals surface area contributed by atoms with E-state index in [0.29, 0.717) is 58.3 Å². The summed E-state index contributed by atoms with van der Waals surface area (Å²) < 4.78 is 32.7. The number of esters is 6. The van der Waals surface area contributed by atoms with Crippen molar-refractivity contribution in [1.29, 1.82) is 0 Å². The molecule has 0 aromatic rings. The lowest BCUT2D eigenvalue weighted by Gasteiger charge is -2.61. The van der Waals surface area contributed by atoms with Crippen LogP contribution in [-0.2, 0) is 66.8 Å². The van der Waals surface area contributed by atoms with Crippen molar-refractivity contribution < 1.29 is 71.9 Å². The molecule has 2 amide bonds. The average Bonchev–Trinajstić information content (AvgIpc) is 2.25. The maximum atomic E-state index is 12.1. The first kappa shape index (κ1) is 63.6. The van der Waals surface area contributed by atoms with Gasteiger partial charge in [0.2, 0.25) is 5.91 Å². The van der Waals surface area contributed by atoms with Crippen molar-refractivity contribution in [1.82, 2.24) is 4.90 Å². The molecule has 0 radical (unpaired) electrons. The molecule has 83 heavy (non-hydrogen) atoms. The lowest BCUT2D eigenvalue weighted by atomic mass is 9.47. The highest BCUT2D eigenvalue weighted by Crippen LogP contribution is 2.62. The Bertz CT molecular complexity index is 2580. The SMILES string of the molecule is C=C(C)C(=O)N1C(=O)C2CCCC21.C=C(C)C(=O)OC1(C(C)C)C2CC3CC(C2)CC1C3.C=C(C)C(=O)OC1(CC)CCCCC1.C=C(C)C(=O)OC12CC3CC(CC(O)(C3)C1)C2.C=C(C)C(=O)OCC(=O)OC1C2CC3C(=O)OC1C3C2. The van der Waals surface area contributed by atoms with E-state index in [4.69, 9.17) is 28.4 Å². The Morgan fingerprint density at radius 1 is 0.639 bits per heavy atom. The molecule has 12 saturated carbocycles. The number of carbonyl (C=O) groups excluding carboxylic acids is 8. The van der Waals surface area contributed by atoms with Crippen LogP contribution in [-0.4, -0.2) is 105 Å². The number of rotatable bonds is 13. The van der Waals surface area contributed by atoms with Crippen LogP contribution in [0.25, 0.3) is 0 Å². The lowest BCUT2D eigenvalue weighted by molar-refractivity contribution is -0.221. The van der Waals surface area contributed by atoms with Crippen LogP contribution < -0.4 is 0 Å². The zero-order valence-electron chi connectivity index (χ0n) is 51.0. The summed E-state index contributed by atoms with van der Waals surface area (Å²) in [4.78, 5) is 94.1. The topological polar surface area (TPSA) is 215 Å². The monoisotopic (exact) mass is 1150 g/mol. The molecule has 10 bridgehead atoms. The molecule has 0 aromatic heterocycles. The summed E-state index contributed by atoms with van der Waals surface area (Å²) in [6.07, 6.45) is 22.5. The van der Waals surface area contributed by atoms with Crippen LogP contribution in [0.3, 0.4) is 0 Å². The molecule has 16 nitrogen and oxygen atoms in total. The van der Waals surface area contributed by atoms with Gasteiger partial charge < -0.3 is 33.5 Å². The molecule has 2 heterocycles. The van der Waals surface area contributed by atoms with Crippen molar-refractivity contribution in [3.8, 4) is 0 Å². The van der Waals surface area contributed by atoms with Crippen molar-refractivity contribution in [3.05, 3.63) is 60.8 Å². The summed E-state index contributed by atoms with van der Waals surface area (Å²) in [5, 5.41) is 10.5. The van der Waals surface area contributed by atoms with Crippen molar-refractivity contribution in [2.45, 2.75) is 237 Å². The van der Waals surface area contributed by atoms with Gasteiger partial charge in [0.1, 0.15) is 29.0 Å². The number of ether oxygens (including phenoxy) is 6. The third-order valence-electron chi connectivity index (χ3n) is 20.9. The van der Waals surface area contributed by atoms with Crippen LogP contribution in [0.2, 0.25) is 0 Å². The number of hydrogen-bond donors (Lipinski definition) is 1. The fourth-order valence-corrected chi connectivity index (χ4v) is 17.7. The number of nitrogens with zero attached hydrogens (tertiary/aromatic N) is 1. The first-order chi connectivity index (χ1) is 39.0. The van der Waals surface area contributed by atoms with Crippen LogP contribution in [0.15, 0.2) is 60.8 Å². The first-order valence-electron chi connectivity index (χ1n) is 31.2. The predicted octanol–water partition coefficient (Wildman–Crippen LogP) is 11.1. The molecule has 1 N–H and O–H groups in total. The number of aliphatic hydroxyl groups is 1. The molecule has 458 valence electrons. The zero-order valence-corrected chi connectivity index (χ0v) is 51.0. The van der Waals surface area contributed by atoms with Crippen molar-refractivity contribution in [2.24, 2.45) is 65.1 Å². The minimum Gasteiger partial charge on any atom is -0.458 e. The quantitative estimate of drug-likeness (QED) is 0.0785. The van der Waals surface area contributed by atoms with Gasteiger partial charge in [0, 0.05) is 46.1 Å². The molecular formula is C67H95NO15. The third kappa shape index (κ3) is 13.5. The van der Waals surface area contributed by atoms with Gasteiger partial charge in [-0.3, -0.25) is 19.3 Å². The molecule has 12 aliphatic carbocycles. The van der Waals surface area contributed by atoms with Gasteiger partial charge in [-0.05, 0) is 198 Å². The number of likely N-dealkylation sites (tertiary alicyclic amines) is 1. The fourth-order valence-electron chi connectivity index (χ4n) is 17.7. The smallest absolute Gasteiger partial charge is 0.344 e. The highest BCUT2D eigenvalue weighted by atomic mass is 16.6. The van der Waals surface area contributed by atoms with Crippen LogP contribution in [0.4, 0.5) is 0 Å². The molecule has 14 aliphatic rings. The second kappa shape index (κ2) is 25.3. The molecule has 9 atom stereocenters. The molecule has 0 spiro atoms. The Morgan fingerprint density at radius 3 is 1.70 bits per heavy atom. The molecular weight excluding hydrogens is 1060 g/mol. The third-order valence-corrected chi connectivity index (χ3v) is 20.9. The first-order valence-corrected chi connectivity index (χ1v) is 31.2. The van der Waals surface area contributed by atoms with E-state index in [2.05, 4.69) is 53.7 Å². The average molecular weight is 1150 g/mol. The van der Waals surface area contributed by atoms with Crippen molar-refractivity contribution in [2.75, 3.05) is 6.61 Å². The summed E-state index contributed by atoms with van der Waals surface area (Å²) in [5.74, 6) is 2.68. The van der Waals surface area contributed by atoms with E-state index in [1.807, 2.05) is 0 Å². The van der Waals surface area contributed by atoms with E-state index in [-0.39, 0.29) is 88.3 Å². The van der Waals surface area contributed by atoms with E-state index in [1.54, 1.807) is 27.7 Å². The highest BCUT2D eigenvalue weighted by Gasteiger charge is 2.64. The second-order valence-corrected chi connectivity index (χ2v) is 27.9. The van der Waals surface area contributed by atoms with E-state index >= 15 is 0 Å². The van der Waals surface area contributed by atoms with Gasteiger partial charge in [0.25, 0.3) is 5.91 Å². The van der Waals surface area contributed by atoms with Crippen LogP contribution in [0.1, 0.15) is 197 Å². The van der Waals surface area contributed by atoms with Gasteiger partial charge in [-0.15, -0.1) is 0 Å². The van der Waals surface area contributed by atoms with E-state index in [9.17, 15) is 43.5 Å². The normalized spacial score (nSPS) is 36.7. The summed E-state index contributed by atoms with van der Waals surface area (Å²) in [5.41, 5.74) is 0.820. The predicted molar refractivity (Wildman–Crippen MR) is 309 cm³/mol. The molecule has 2 saturated heterocycles. The van der Waals surface area contributed by atoms with Gasteiger partial charge in [0.05, 0.1) is 23.5 Å². The Kier molecular flexibility index (Phi) is 19.4. The highest BCUT2D eigenvalue weighted by molar-refractivity contribution is 6.08. The Hall–Kier alpha value is -5.38. The van der Waals surface area contributed by atoms with Crippen molar-refractivity contribution >= 4 is 47.6 Å². The maximum absolute atomic E-state index is 12.1. The molecule has 9 unspecified atom stereocenters. The lowest BCUT2D eigenvalue weighted by Crippen LogP contribution is -2.62. The summed E-state index contributed by atoms with van der Waals surface area (Å²) in [6.45, 7) is 32.4. The molecule has 2 aliphatic heterocycles. The number of β-lactam (4-membered cyclic amide) rings is 1. The minimum atomic E-state index is -0.623. The second-order valence-electron chi connectivity index (χ2n) is 27.9. The number of carbonyl (C=O) groups is 8. The van der Waals surface area contributed by atoms with Crippen LogP contribution >= 0.6 is 0 Å². The maximum Gasteiger partial charge on any atom is 0.344 e. The Balaban J connectivity index is 0.000000137. The fraction of sp³-hybridized carbons (Fsp3) is 0.731. The van der Waals surface area contributed by atoms with Crippen LogP contribution in [0, 0.1) is 65.1 Å². The molecule has 14 fully saturated rings. The number of hydrogen-bond acceptors (Lipinski definition) is 15. The Labute approximate surface area is 492 Å². The molecule has 14 rings (SSSR count). The van der Waals surface area contributed by atoms with Gasteiger partial charge in [-0.2, -0.15) is 0 Å². The van der Waals surface area contributed by atoms with Gasteiger partial charge in [-0.25, -0.2) is 24.0 Å². The van der Waals surface area contributed by atoms with E-state index in [0.717, 1.165) is 88.9 Å². The standard InChI is InChI=1S/C17H26O2.C14H16O6.C14H20O3.C12H20O2.C10H13NO2/c1-10(2)16(18)19-17(11(3)4)14-6-12-5-13(8-14)9-15(17)7-12;1-6(2)13(16)18-5-10(15)19-11-7-3-8-9(4-7)14(17)20-12(8)11;1-9(2)12(15)17-14-6-10-3-11(7-14)5-13(16,4-10)8-14;1-4-12(8-6-5-7-9-12)14-11(13)10(2)3;1-6(2)9(12)11-8-5-3-4-7(8)10(11)13/h11-15H,1,5-9H2,2-4H3;7-9,11-12H,1,3-5H2,2H3;10-11,16H,1,3-8H2,2H3;2,4-9H2,1,3H3;7-8H,1,3-5H2,2H3. The number of amides is 2. The molecule has 16 heteroatoms. The summed E-state index contributed by atoms with van der Waals surface area (Å²) in [6, 6.07) is 0.191. The number of fused-ring (bicyclic) bond motifs is 2. The van der Waals surface area contributed by atoms with E-state index in [1.165, 1.54) is 69.6 Å². The van der Waals surface area contributed by atoms with E-state index < -0.39 is 35.9 Å². The molecule has 0 aromatic carbocycles. The summed E-state index contributed by atoms with van der Waals surface area (Å²) in [7, 11) is 0. The van der Waals surface area contributed by atoms with Crippen molar-refractivity contribution in [3.63, 3.8) is 0 Å². The van der Waals surface area contributed by atoms with Crippen LogP contribution in [0.5, 0.6) is 0 Å². The zero-order chi connectivity index (χ0) is 60.7. The summed E-state index contributed by atoms with van der Waals surface area (Å²) >= 11 is 0. The van der Waals surface area contributed by atoms with Gasteiger partial charge in [0.15, 0.2) is 6.61 Å². The van der Waals surface area contributed by atoms with Gasteiger partial charge in [-0.1, -0.05) is 66.5 Å². The number of imide groups is 1. The minimum absolute atomic E-state index is 0.00972. The Morgan fingerprint density at radius 2 is 1.18 bits per heavy atom. The van der Waals surface area contributed by atoms with Gasteiger partial charge >= 0.3 is 35.8 Å². The largest absolute Gasteiger partial charge is 0.458 e.